The van der Waals surface area contributed by atoms with E-state index in [9.17, 15) is 0 Å². The Morgan fingerprint density at radius 1 is 1.25 bits per heavy atom. The van der Waals surface area contributed by atoms with Gasteiger partial charge in [-0.1, -0.05) is 26.0 Å². The van der Waals surface area contributed by atoms with Crippen molar-refractivity contribution in [3.8, 4) is 0 Å². The Morgan fingerprint density at radius 3 is 2.38 bits per heavy atom. The largest absolute Gasteiger partial charge is 0.399 e. The lowest BCUT2D eigenvalue weighted by Gasteiger charge is -2.26. The van der Waals surface area contributed by atoms with Crippen LogP contribution in [0.4, 0.5) is 5.69 Å². The van der Waals surface area contributed by atoms with Crippen LogP contribution >= 0.6 is 0 Å². The third-order valence-corrected chi connectivity index (χ3v) is 3.34. The van der Waals surface area contributed by atoms with Crippen LogP contribution in [0.2, 0.25) is 0 Å². The minimum absolute atomic E-state index is 0.669. The van der Waals surface area contributed by atoms with Gasteiger partial charge in [-0.05, 0) is 44.0 Å². The van der Waals surface area contributed by atoms with Gasteiger partial charge in [0.25, 0.3) is 0 Å². The van der Waals surface area contributed by atoms with Gasteiger partial charge in [0.15, 0.2) is 0 Å². The van der Waals surface area contributed by atoms with Crippen LogP contribution < -0.4 is 5.73 Å². The Morgan fingerprint density at radius 2 is 1.88 bits per heavy atom. The highest BCUT2D eigenvalue weighted by molar-refractivity contribution is 5.48. The van der Waals surface area contributed by atoms with Crippen LogP contribution in [0, 0.1) is 6.92 Å². The van der Waals surface area contributed by atoms with Crippen molar-refractivity contribution >= 4 is 5.69 Å². The Balaban J connectivity index is 2.69. The maximum absolute atomic E-state index is 5.92. The van der Waals surface area contributed by atoms with Gasteiger partial charge >= 0.3 is 0 Å². The molecular formula is C14H24N2. The van der Waals surface area contributed by atoms with Crippen molar-refractivity contribution in [2.75, 3.05) is 12.8 Å². The molecule has 1 rings (SSSR count). The zero-order valence-corrected chi connectivity index (χ0v) is 11.0. The first-order chi connectivity index (χ1) is 7.58. The molecule has 0 aliphatic rings. The van der Waals surface area contributed by atoms with E-state index in [1.54, 1.807) is 0 Å². The molecule has 2 N–H and O–H groups in total. The van der Waals surface area contributed by atoms with E-state index in [1.165, 1.54) is 18.4 Å². The summed E-state index contributed by atoms with van der Waals surface area (Å²) in [5, 5.41) is 0. The average Bonchev–Trinajstić information content (AvgIpc) is 2.25. The van der Waals surface area contributed by atoms with Crippen molar-refractivity contribution in [2.24, 2.45) is 0 Å². The second-order valence-corrected chi connectivity index (χ2v) is 4.58. The van der Waals surface area contributed by atoms with E-state index in [1.807, 2.05) is 6.92 Å². The normalized spacial score (nSPS) is 11.4. The zero-order chi connectivity index (χ0) is 12.1. The Kier molecular flexibility index (Phi) is 4.81. The van der Waals surface area contributed by atoms with Gasteiger partial charge in [-0.2, -0.15) is 0 Å². The summed E-state index contributed by atoms with van der Waals surface area (Å²) in [5.74, 6) is 0. The van der Waals surface area contributed by atoms with Crippen LogP contribution in [0.25, 0.3) is 0 Å². The van der Waals surface area contributed by atoms with E-state index in [2.05, 4.69) is 44.0 Å². The van der Waals surface area contributed by atoms with Gasteiger partial charge in [-0.25, -0.2) is 0 Å². The summed E-state index contributed by atoms with van der Waals surface area (Å²) >= 11 is 0. The lowest BCUT2D eigenvalue weighted by atomic mass is 10.1. The second-order valence-electron chi connectivity index (χ2n) is 4.58. The molecule has 0 radical (unpaired) electrons. The van der Waals surface area contributed by atoms with Crippen LogP contribution in [-0.2, 0) is 6.54 Å². The Labute approximate surface area is 99.5 Å². The summed E-state index contributed by atoms with van der Waals surface area (Å²) in [6.07, 6.45) is 2.41. The molecule has 90 valence electrons. The summed E-state index contributed by atoms with van der Waals surface area (Å²) in [7, 11) is 2.19. The topological polar surface area (TPSA) is 29.3 Å². The molecule has 0 aromatic heterocycles. The molecule has 1 aromatic rings. The minimum Gasteiger partial charge on any atom is -0.399 e. The highest BCUT2D eigenvalue weighted by atomic mass is 15.1. The van der Waals surface area contributed by atoms with Crippen molar-refractivity contribution in [3.05, 3.63) is 29.3 Å². The lowest BCUT2D eigenvalue weighted by molar-refractivity contribution is 0.222. The van der Waals surface area contributed by atoms with Crippen LogP contribution in [0.1, 0.15) is 37.8 Å². The summed E-state index contributed by atoms with van der Waals surface area (Å²) in [6.45, 7) is 7.52. The maximum Gasteiger partial charge on any atom is 0.0346 e. The first-order valence-electron chi connectivity index (χ1n) is 6.13. The quantitative estimate of drug-likeness (QED) is 0.772. The average molecular weight is 220 g/mol. The number of hydrogen-bond donors (Lipinski definition) is 1. The molecule has 0 saturated carbocycles. The lowest BCUT2D eigenvalue weighted by Crippen LogP contribution is -2.29. The smallest absolute Gasteiger partial charge is 0.0346 e. The summed E-state index contributed by atoms with van der Waals surface area (Å²) in [5.41, 5.74) is 9.28. The molecule has 0 amide bonds. The van der Waals surface area contributed by atoms with Crippen molar-refractivity contribution in [1.29, 1.82) is 0 Å². The van der Waals surface area contributed by atoms with E-state index < -0.39 is 0 Å². The van der Waals surface area contributed by atoms with Gasteiger partial charge < -0.3 is 5.73 Å². The SMILES string of the molecule is CCC(CC)N(C)Cc1ccc(C)c(N)c1. The van der Waals surface area contributed by atoms with Crippen molar-refractivity contribution in [2.45, 2.75) is 46.2 Å². The molecule has 0 unspecified atom stereocenters. The molecule has 1 aromatic carbocycles. The maximum atomic E-state index is 5.92. The third kappa shape index (κ3) is 3.24. The van der Waals surface area contributed by atoms with E-state index >= 15 is 0 Å². The van der Waals surface area contributed by atoms with Crippen LogP contribution in [0.5, 0.6) is 0 Å². The van der Waals surface area contributed by atoms with Gasteiger partial charge in [0.1, 0.15) is 0 Å². The summed E-state index contributed by atoms with van der Waals surface area (Å²) in [4.78, 5) is 2.41. The van der Waals surface area contributed by atoms with Gasteiger partial charge in [0.2, 0.25) is 0 Å². The molecule has 0 aliphatic heterocycles. The molecule has 0 spiro atoms. The van der Waals surface area contributed by atoms with E-state index in [4.69, 9.17) is 5.73 Å². The molecule has 0 atom stereocenters. The molecule has 2 heteroatoms. The van der Waals surface area contributed by atoms with Gasteiger partial charge in [-0.3, -0.25) is 4.90 Å². The Bertz CT molecular complexity index is 330. The number of nitrogens with zero attached hydrogens (tertiary/aromatic N) is 1. The Hall–Kier alpha value is -1.02. The van der Waals surface area contributed by atoms with E-state index in [-0.39, 0.29) is 0 Å². The van der Waals surface area contributed by atoms with Crippen molar-refractivity contribution in [1.82, 2.24) is 4.90 Å². The molecule has 2 nitrogen and oxygen atoms in total. The standard InChI is InChI=1S/C14H24N2/c1-5-13(6-2)16(4)10-12-8-7-11(3)14(15)9-12/h7-9,13H,5-6,10,15H2,1-4H3. The molecule has 16 heavy (non-hydrogen) atoms. The number of aryl methyl sites for hydroxylation is 1. The molecule has 0 aliphatic carbocycles. The number of nitrogen functional groups attached to an aromatic ring is 1. The number of benzene rings is 1. The minimum atomic E-state index is 0.669. The highest BCUT2D eigenvalue weighted by Gasteiger charge is 2.10. The number of anilines is 1. The molecular weight excluding hydrogens is 196 g/mol. The predicted octanol–water partition coefficient (Wildman–Crippen LogP) is 3.20. The van der Waals surface area contributed by atoms with Crippen molar-refractivity contribution in [3.63, 3.8) is 0 Å². The van der Waals surface area contributed by atoms with Gasteiger partial charge in [0.05, 0.1) is 0 Å². The number of rotatable bonds is 5. The molecule has 0 saturated heterocycles. The highest BCUT2D eigenvalue weighted by Crippen LogP contribution is 2.16. The number of hydrogen-bond acceptors (Lipinski definition) is 2. The van der Waals surface area contributed by atoms with E-state index in [0.717, 1.165) is 17.8 Å². The predicted molar refractivity (Wildman–Crippen MR) is 71.4 cm³/mol. The molecule has 0 heterocycles. The first kappa shape index (κ1) is 13.0. The van der Waals surface area contributed by atoms with Crippen molar-refractivity contribution < 1.29 is 0 Å². The monoisotopic (exact) mass is 220 g/mol. The van der Waals surface area contributed by atoms with Crippen LogP contribution in [-0.4, -0.2) is 18.0 Å². The van der Waals surface area contributed by atoms with E-state index in [0.29, 0.717) is 6.04 Å². The second kappa shape index (κ2) is 5.90. The summed E-state index contributed by atoms with van der Waals surface area (Å²) in [6, 6.07) is 7.03. The number of nitrogens with two attached hydrogens (primary N) is 1. The van der Waals surface area contributed by atoms with Gasteiger partial charge in [-0.15, -0.1) is 0 Å². The zero-order valence-electron chi connectivity index (χ0n) is 11.0. The molecule has 0 fully saturated rings. The fourth-order valence-electron chi connectivity index (χ4n) is 2.12. The van der Waals surface area contributed by atoms with Crippen LogP contribution in [0.3, 0.4) is 0 Å². The fraction of sp³-hybridized carbons (Fsp3) is 0.571. The van der Waals surface area contributed by atoms with Gasteiger partial charge in [0, 0.05) is 18.3 Å². The fourth-order valence-corrected chi connectivity index (χ4v) is 2.12. The summed E-state index contributed by atoms with van der Waals surface area (Å²) < 4.78 is 0. The third-order valence-electron chi connectivity index (χ3n) is 3.34. The first-order valence-corrected chi connectivity index (χ1v) is 6.13. The van der Waals surface area contributed by atoms with Crippen LogP contribution in [0.15, 0.2) is 18.2 Å². The molecule has 0 bridgehead atoms.